The van der Waals surface area contributed by atoms with Crippen LogP contribution in [-0.2, 0) is 0 Å². The second-order valence-electron chi connectivity index (χ2n) is 5.76. The summed E-state index contributed by atoms with van der Waals surface area (Å²) < 4.78 is 6.59. The van der Waals surface area contributed by atoms with Gasteiger partial charge in [-0.05, 0) is 46.4 Å². The first kappa shape index (κ1) is 16.1. The van der Waals surface area contributed by atoms with Crippen molar-refractivity contribution in [2.24, 2.45) is 0 Å². The van der Waals surface area contributed by atoms with Crippen LogP contribution < -0.4 is 4.74 Å². The molecule has 0 N–H and O–H groups in total. The van der Waals surface area contributed by atoms with E-state index in [4.69, 9.17) is 9.72 Å². The predicted molar refractivity (Wildman–Crippen MR) is 112 cm³/mol. The lowest BCUT2D eigenvalue weighted by Crippen LogP contribution is -1.96. The number of pyridine rings is 1. The molecule has 0 amide bonds. The largest absolute Gasteiger partial charge is 0.497 e. The zero-order valence-corrected chi connectivity index (χ0v) is 15.9. The Bertz CT molecular complexity index is 1030. The number of benzene rings is 3. The number of hydrogen-bond donors (Lipinski definition) is 0. The highest BCUT2D eigenvalue weighted by Crippen LogP contribution is 2.38. The van der Waals surface area contributed by atoms with Gasteiger partial charge in [-0.1, -0.05) is 60.7 Å². The molecule has 2 nitrogen and oxygen atoms in total. The molecule has 0 bridgehead atoms. The topological polar surface area (TPSA) is 22.1 Å². The first-order valence-electron chi connectivity index (χ1n) is 8.06. The first-order valence-corrected chi connectivity index (χ1v) is 9.14. The Labute approximate surface area is 160 Å². The molecule has 0 aliphatic rings. The van der Waals surface area contributed by atoms with Crippen LogP contribution in [0, 0.1) is 3.57 Å². The van der Waals surface area contributed by atoms with Gasteiger partial charge in [-0.25, -0.2) is 4.98 Å². The number of hydrogen-bond acceptors (Lipinski definition) is 2. The summed E-state index contributed by atoms with van der Waals surface area (Å²) in [5.74, 6) is 0.842. The van der Waals surface area contributed by atoms with E-state index in [9.17, 15) is 0 Å². The summed E-state index contributed by atoms with van der Waals surface area (Å²) in [4.78, 5) is 4.94. The van der Waals surface area contributed by atoms with Crippen LogP contribution in [0.25, 0.3) is 33.3 Å². The fraction of sp³-hybridized carbons (Fsp3) is 0.0455. The molecular formula is C22H16INO. The Kier molecular flexibility index (Phi) is 4.40. The van der Waals surface area contributed by atoms with E-state index in [1.54, 1.807) is 7.11 Å². The van der Waals surface area contributed by atoms with Gasteiger partial charge in [0.05, 0.1) is 18.3 Å². The normalized spacial score (nSPS) is 10.8. The summed E-state index contributed by atoms with van der Waals surface area (Å²) in [6.07, 6.45) is 0. The quantitative estimate of drug-likeness (QED) is 0.357. The van der Waals surface area contributed by atoms with E-state index in [1.165, 1.54) is 11.1 Å². The summed E-state index contributed by atoms with van der Waals surface area (Å²) in [5.41, 5.74) is 5.49. The van der Waals surface area contributed by atoms with Gasteiger partial charge in [0, 0.05) is 20.1 Å². The molecule has 25 heavy (non-hydrogen) atoms. The summed E-state index contributed by atoms with van der Waals surface area (Å²) in [6.45, 7) is 0. The Morgan fingerprint density at radius 2 is 1.44 bits per heavy atom. The van der Waals surface area contributed by atoms with Crippen molar-refractivity contribution in [1.29, 1.82) is 0 Å². The van der Waals surface area contributed by atoms with E-state index in [0.29, 0.717) is 0 Å². The molecule has 1 heterocycles. The minimum Gasteiger partial charge on any atom is -0.497 e. The standard InChI is InChI=1S/C22H16INO/c1-25-17-12-13-19-18(14-17)20(15-8-4-2-5-9-15)21(23)22(24-19)16-10-6-3-7-11-16/h2-14H,1H3. The third kappa shape index (κ3) is 3.00. The van der Waals surface area contributed by atoms with Crippen LogP contribution in [0.5, 0.6) is 5.75 Å². The van der Waals surface area contributed by atoms with Crippen molar-refractivity contribution >= 4 is 33.5 Å². The molecule has 3 aromatic carbocycles. The van der Waals surface area contributed by atoms with E-state index < -0.39 is 0 Å². The average Bonchev–Trinajstić information content (AvgIpc) is 2.68. The van der Waals surface area contributed by atoms with Gasteiger partial charge >= 0.3 is 0 Å². The lowest BCUT2D eigenvalue weighted by atomic mass is 9.98. The van der Waals surface area contributed by atoms with E-state index in [0.717, 1.165) is 31.5 Å². The van der Waals surface area contributed by atoms with E-state index in [-0.39, 0.29) is 0 Å². The number of fused-ring (bicyclic) bond motifs is 1. The maximum absolute atomic E-state index is 5.44. The van der Waals surface area contributed by atoms with Crippen molar-refractivity contribution in [2.45, 2.75) is 0 Å². The lowest BCUT2D eigenvalue weighted by molar-refractivity contribution is 0.415. The van der Waals surface area contributed by atoms with Gasteiger partial charge in [0.1, 0.15) is 5.75 Å². The molecule has 4 aromatic rings. The number of rotatable bonds is 3. The third-order valence-electron chi connectivity index (χ3n) is 4.24. The molecule has 0 spiro atoms. The first-order chi connectivity index (χ1) is 12.3. The Balaban J connectivity index is 2.09. The molecule has 0 aliphatic heterocycles. The molecule has 3 heteroatoms. The maximum atomic E-state index is 5.44. The highest BCUT2D eigenvalue weighted by Gasteiger charge is 2.16. The Morgan fingerprint density at radius 1 is 0.800 bits per heavy atom. The van der Waals surface area contributed by atoms with Crippen LogP contribution in [0.2, 0.25) is 0 Å². The smallest absolute Gasteiger partial charge is 0.119 e. The molecule has 1 aromatic heterocycles. The number of methoxy groups -OCH3 is 1. The SMILES string of the molecule is COc1ccc2nc(-c3ccccc3)c(I)c(-c3ccccc3)c2c1. The molecule has 0 fully saturated rings. The van der Waals surface area contributed by atoms with Crippen LogP contribution in [0.3, 0.4) is 0 Å². The second kappa shape index (κ2) is 6.84. The van der Waals surface area contributed by atoms with E-state index in [2.05, 4.69) is 65.1 Å². The molecule has 0 unspecified atom stereocenters. The zero-order valence-electron chi connectivity index (χ0n) is 13.7. The van der Waals surface area contributed by atoms with Gasteiger partial charge in [0.25, 0.3) is 0 Å². The van der Waals surface area contributed by atoms with E-state index in [1.807, 2.05) is 36.4 Å². The van der Waals surface area contributed by atoms with Crippen LogP contribution in [-0.4, -0.2) is 12.1 Å². The summed E-state index contributed by atoms with van der Waals surface area (Å²) in [6, 6.07) is 26.9. The highest BCUT2D eigenvalue weighted by molar-refractivity contribution is 14.1. The summed E-state index contributed by atoms with van der Waals surface area (Å²) >= 11 is 2.42. The van der Waals surface area contributed by atoms with Crippen molar-refractivity contribution in [3.05, 3.63) is 82.4 Å². The van der Waals surface area contributed by atoms with Crippen molar-refractivity contribution in [3.8, 4) is 28.1 Å². The maximum Gasteiger partial charge on any atom is 0.119 e. The number of ether oxygens (including phenoxy) is 1. The van der Waals surface area contributed by atoms with Crippen molar-refractivity contribution in [2.75, 3.05) is 7.11 Å². The molecule has 0 radical (unpaired) electrons. The van der Waals surface area contributed by atoms with Gasteiger partial charge in [-0.3, -0.25) is 0 Å². The van der Waals surface area contributed by atoms with E-state index >= 15 is 0 Å². The van der Waals surface area contributed by atoms with Crippen molar-refractivity contribution in [3.63, 3.8) is 0 Å². The van der Waals surface area contributed by atoms with Gasteiger partial charge in [0.2, 0.25) is 0 Å². The summed E-state index contributed by atoms with van der Waals surface area (Å²) in [7, 11) is 1.69. The van der Waals surface area contributed by atoms with Gasteiger partial charge in [-0.2, -0.15) is 0 Å². The average molecular weight is 437 g/mol. The summed E-state index contributed by atoms with van der Waals surface area (Å²) in [5, 5.41) is 1.11. The van der Waals surface area contributed by atoms with Crippen LogP contribution in [0.15, 0.2) is 78.9 Å². The fourth-order valence-electron chi connectivity index (χ4n) is 3.02. The number of halogens is 1. The van der Waals surface area contributed by atoms with Crippen LogP contribution >= 0.6 is 22.6 Å². The molecule has 0 saturated heterocycles. The molecule has 122 valence electrons. The van der Waals surface area contributed by atoms with Crippen LogP contribution in [0.4, 0.5) is 0 Å². The van der Waals surface area contributed by atoms with Gasteiger partial charge in [-0.15, -0.1) is 0 Å². The van der Waals surface area contributed by atoms with Crippen molar-refractivity contribution in [1.82, 2.24) is 4.98 Å². The fourth-order valence-corrected chi connectivity index (χ4v) is 4.05. The minimum absolute atomic E-state index is 0.842. The Morgan fingerprint density at radius 3 is 2.08 bits per heavy atom. The lowest BCUT2D eigenvalue weighted by Gasteiger charge is -2.15. The molecule has 0 saturated carbocycles. The Hall–Kier alpha value is -2.40. The molecule has 4 rings (SSSR count). The predicted octanol–water partition coefficient (Wildman–Crippen LogP) is 6.18. The van der Waals surface area contributed by atoms with Crippen molar-refractivity contribution < 1.29 is 4.74 Å². The van der Waals surface area contributed by atoms with Gasteiger partial charge < -0.3 is 4.74 Å². The monoisotopic (exact) mass is 437 g/mol. The minimum atomic E-state index is 0.842. The molecule has 0 aliphatic carbocycles. The zero-order chi connectivity index (χ0) is 17.2. The molecular weight excluding hydrogens is 421 g/mol. The highest BCUT2D eigenvalue weighted by atomic mass is 127. The second-order valence-corrected chi connectivity index (χ2v) is 6.84. The molecule has 0 atom stereocenters. The van der Waals surface area contributed by atoms with Gasteiger partial charge in [0.15, 0.2) is 0 Å². The van der Waals surface area contributed by atoms with Crippen LogP contribution in [0.1, 0.15) is 0 Å². The number of nitrogens with zero attached hydrogens (tertiary/aromatic N) is 1. The number of aromatic nitrogens is 1. The third-order valence-corrected chi connectivity index (χ3v) is 5.29.